The van der Waals surface area contributed by atoms with E-state index < -0.39 is 29.1 Å². The maximum atomic E-state index is 14.1. The lowest BCUT2D eigenvalue weighted by atomic mass is 10.0. The van der Waals surface area contributed by atoms with Crippen LogP contribution in [0.1, 0.15) is 29.4 Å². The third kappa shape index (κ3) is 3.55. The highest BCUT2D eigenvalue weighted by Crippen LogP contribution is 2.35. The summed E-state index contributed by atoms with van der Waals surface area (Å²) >= 11 is 0. The quantitative estimate of drug-likeness (QED) is 0.722. The van der Waals surface area contributed by atoms with Crippen molar-refractivity contribution in [2.75, 3.05) is 12.4 Å². The molecule has 9 heteroatoms. The van der Waals surface area contributed by atoms with Crippen molar-refractivity contribution in [1.82, 2.24) is 14.5 Å². The van der Waals surface area contributed by atoms with Gasteiger partial charge in [-0.1, -0.05) is 0 Å². The summed E-state index contributed by atoms with van der Waals surface area (Å²) in [7, 11) is 1.31. The largest absolute Gasteiger partial charge is 0.479 e. The zero-order chi connectivity index (χ0) is 20.7. The number of aromatic nitrogens is 3. The minimum absolute atomic E-state index is 0.147. The van der Waals surface area contributed by atoms with E-state index in [2.05, 4.69) is 15.3 Å². The van der Waals surface area contributed by atoms with Gasteiger partial charge in [0.25, 0.3) is 5.56 Å². The molecule has 1 atom stereocenters. The van der Waals surface area contributed by atoms with Crippen LogP contribution in [0.15, 0.2) is 35.1 Å². The van der Waals surface area contributed by atoms with E-state index in [0.29, 0.717) is 35.5 Å². The minimum atomic E-state index is -0.686. The Morgan fingerprint density at radius 2 is 1.83 bits per heavy atom. The fraction of sp³-hybridized carbons (Fsp3) is 0.250. The zero-order valence-electron chi connectivity index (χ0n) is 15.7. The number of rotatable bonds is 4. The molecular formula is C20H17F3N4O2. The van der Waals surface area contributed by atoms with Crippen LogP contribution in [0.5, 0.6) is 5.88 Å². The van der Waals surface area contributed by atoms with Gasteiger partial charge in [-0.15, -0.1) is 0 Å². The summed E-state index contributed by atoms with van der Waals surface area (Å²) in [5.74, 6) is -2.05. The predicted molar refractivity (Wildman–Crippen MR) is 100 cm³/mol. The molecule has 0 bridgehead atoms. The first-order valence-electron chi connectivity index (χ1n) is 8.92. The van der Waals surface area contributed by atoms with E-state index in [0.717, 1.165) is 6.07 Å². The molecule has 6 nitrogen and oxygen atoms in total. The third-order valence-electron chi connectivity index (χ3n) is 4.87. The number of halogens is 3. The molecule has 0 amide bonds. The van der Waals surface area contributed by atoms with Gasteiger partial charge in [0, 0.05) is 23.9 Å². The second-order valence-corrected chi connectivity index (χ2v) is 6.77. The van der Waals surface area contributed by atoms with E-state index in [1.807, 2.05) is 0 Å². The first kappa shape index (κ1) is 19.0. The normalized spacial score (nSPS) is 15.3. The van der Waals surface area contributed by atoms with Crippen molar-refractivity contribution in [3.8, 4) is 5.88 Å². The molecule has 0 spiro atoms. The Kier molecular flexibility index (Phi) is 4.73. The average molecular weight is 402 g/mol. The smallest absolute Gasteiger partial charge is 0.274 e. The Bertz CT molecular complexity index is 1140. The summed E-state index contributed by atoms with van der Waals surface area (Å²) < 4.78 is 48.2. The van der Waals surface area contributed by atoms with Gasteiger partial charge >= 0.3 is 0 Å². The number of ether oxygens (including phenoxy) is 1. The number of hydrogen-bond acceptors (Lipinski definition) is 5. The van der Waals surface area contributed by atoms with Crippen molar-refractivity contribution in [2.45, 2.75) is 25.8 Å². The molecule has 0 saturated carbocycles. The topological polar surface area (TPSA) is 69.0 Å². The first-order chi connectivity index (χ1) is 13.9. The summed E-state index contributed by atoms with van der Waals surface area (Å²) in [5.41, 5.74) is 1.35. The maximum Gasteiger partial charge on any atom is 0.274 e. The van der Waals surface area contributed by atoms with E-state index in [1.54, 1.807) is 11.5 Å². The molecule has 1 N–H and O–H groups in total. The number of fused-ring (bicyclic) bond motifs is 1. The number of aryl methyl sites for hydroxylation is 2. The van der Waals surface area contributed by atoms with Gasteiger partial charge in [0.05, 0.1) is 24.5 Å². The van der Waals surface area contributed by atoms with Crippen LogP contribution in [0, 0.1) is 24.4 Å². The summed E-state index contributed by atoms with van der Waals surface area (Å²) in [6.45, 7) is 1.65. The molecule has 3 aromatic rings. The molecule has 0 saturated heterocycles. The van der Waals surface area contributed by atoms with E-state index in [1.165, 1.54) is 31.4 Å². The van der Waals surface area contributed by atoms with Gasteiger partial charge in [0.15, 0.2) is 5.82 Å². The standard InChI is InChI=1S/C20H17F3N4O2/c1-10-16(9-15(23)19(24-10)29-2)25-20-26-18(28)8-14-3-4-17(27(14)20)11-5-12(21)7-13(22)6-11/h5-9,17H,3-4H2,1-2H3,(H,25,26,28). The summed E-state index contributed by atoms with van der Waals surface area (Å²) in [4.78, 5) is 20.1. The molecule has 1 aliphatic heterocycles. The van der Waals surface area contributed by atoms with E-state index in [4.69, 9.17) is 4.74 Å². The SMILES string of the molecule is COc1nc(C)c(Nc2nc(=O)cc3n2C(c2cc(F)cc(F)c2)CC3)cc1F. The molecule has 2 aromatic heterocycles. The van der Waals surface area contributed by atoms with Crippen molar-refractivity contribution in [1.29, 1.82) is 0 Å². The number of pyridine rings is 1. The van der Waals surface area contributed by atoms with Crippen molar-refractivity contribution >= 4 is 11.6 Å². The van der Waals surface area contributed by atoms with Crippen molar-refractivity contribution < 1.29 is 17.9 Å². The average Bonchev–Trinajstić information content (AvgIpc) is 3.07. The van der Waals surface area contributed by atoms with Gasteiger partial charge in [0.1, 0.15) is 11.6 Å². The highest BCUT2D eigenvalue weighted by molar-refractivity contribution is 5.58. The van der Waals surface area contributed by atoms with Crippen LogP contribution < -0.4 is 15.6 Å². The Morgan fingerprint density at radius 3 is 2.52 bits per heavy atom. The zero-order valence-corrected chi connectivity index (χ0v) is 15.7. The van der Waals surface area contributed by atoms with Gasteiger partial charge in [-0.25, -0.2) is 18.2 Å². The lowest BCUT2D eigenvalue weighted by Crippen LogP contribution is -2.20. The van der Waals surface area contributed by atoms with Crippen molar-refractivity contribution in [2.24, 2.45) is 0 Å². The second kappa shape index (κ2) is 7.23. The number of anilines is 2. The van der Waals surface area contributed by atoms with Crippen LogP contribution in [-0.4, -0.2) is 21.6 Å². The molecule has 1 aromatic carbocycles. The monoisotopic (exact) mass is 402 g/mol. The number of hydrogen-bond donors (Lipinski definition) is 1. The third-order valence-corrected chi connectivity index (χ3v) is 4.87. The second-order valence-electron chi connectivity index (χ2n) is 6.77. The van der Waals surface area contributed by atoms with Gasteiger partial charge in [-0.3, -0.25) is 4.79 Å². The van der Waals surface area contributed by atoms with Crippen LogP contribution in [0.4, 0.5) is 24.8 Å². The molecule has 150 valence electrons. The summed E-state index contributed by atoms with van der Waals surface area (Å²) in [6.07, 6.45) is 1.07. The molecule has 1 unspecified atom stereocenters. The van der Waals surface area contributed by atoms with Crippen LogP contribution in [0.3, 0.4) is 0 Å². The first-order valence-corrected chi connectivity index (χ1v) is 8.92. The number of nitrogens with zero attached hydrogens (tertiary/aromatic N) is 3. The molecule has 0 aliphatic carbocycles. The van der Waals surface area contributed by atoms with Crippen LogP contribution in [-0.2, 0) is 6.42 Å². The molecule has 29 heavy (non-hydrogen) atoms. The fourth-order valence-corrected chi connectivity index (χ4v) is 3.61. The van der Waals surface area contributed by atoms with Crippen LogP contribution >= 0.6 is 0 Å². The Balaban J connectivity index is 1.81. The lowest BCUT2D eigenvalue weighted by molar-refractivity contribution is 0.368. The van der Waals surface area contributed by atoms with E-state index in [9.17, 15) is 18.0 Å². The highest BCUT2D eigenvalue weighted by Gasteiger charge is 2.27. The lowest BCUT2D eigenvalue weighted by Gasteiger charge is -2.21. The summed E-state index contributed by atoms with van der Waals surface area (Å²) in [6, 6.07) is 5.47. The van der Waals surface area contributed by atoms with Gasteiger partial charge in [-0.05, 0) is 37.5 Å². The minimum Gasteiger partial charge on any atom is -0.479 e. The molecule has 0 fully saturated rings. The van der Waals surface area contributed by atoms with E-state index in [-0.39, 0.29) is 11.8 Å². The summed E-state index contributed by atoms with van der Waals surface area (Å²) in [5, 5.41) is 2.94. The highest BCUT2D eigenvalue weighted by atomic mass is 19.1. The van der Waals surface area contributed by atoms with Crippen LogP contribution in [0.2, 0.25) is 0 Å². The molecular weight excluding hydrogens is 385 g/mol. The van der Waals surface area contributed by atoms with Gasteiger partial charge in [0.2, 0.25) is 11.8 Å². The molecule has 1 aliphatic rings. The van der Waals surface area contributed by atoms with Crippen molar-refractivity contribution in [3.05, 3.63) is 75.1 Å². The van der Waals surface area contributed by atoms with Gasteiger partial charge in [-0.2, -0.15) is 4.98 Å². The Hall–Kier alpha value is -3.36. The van der Waals surface area contributed by atoms with Crippen molar-refractivity contribution in [3.63, 3.8) is 0 Å². The van der Waals surface area contributed by atoms with E-state index >= 15 is 0 Å². The predicted octanol–water partition coefficient (Wildman–Crippen LogP) is 3.65. The number of methoxy groups -OCH3 is 1. The van der Waals surface area contributed by atoms with Crippen LogP contribution in [0.25, 0.3) is 0 Å². The fourth-order valence-electron chi connectivity index (χ4n) is 3.61. The number of nitrogens with one attached hydrogen (secondary N) is 1. The Morgan fingerprint density at radius 1 is 1.10 bits per heavy atom. The maximum absolute atomic E-state index is 14.1. The Labute approximate surface area is 164 Å². The number of benzene rings is 1. The molecule has 4 rings (SSSR count). The molecule has 3 heterocycles. The molecule has 0 radical (unpaired) electrons. The van der Waals surface area contributed by atoms with Gasteiger partial charge < -0.3 is 14.6 Å².